The van der Waals surface area contributed by atoms with Crippen molar-refractivity contribution in [2.24, 2.45) is 5.73 Å². The van der Waals surface area contributed by atoms with Crippen LogP contribution in [0.25, 0.3) is 11.0 Å². The Balaban J connectivity index is 1.27. The van der Waals surface area contributed by atoms with Gasteiger partial charge in [-0.25, -0.2) is 4.79 Å². The maximum absolute atomic E-state index is 13.1. The molecule has 0 radical (unpaired) electrons. The molecule has 0 saturated heterocycles. The number of ether oxygens (including phenoxy) is 3. The van der Waals surface area contributed by atoms with Gasteiger partial charge in [0.2, 0.25) is 11.6 Å². The molecule has 208 valence electrons. The second kappa shape index (κ2) is 11.1. The topological polar surface area (TPSA) is 108 Å². The van der Waals surface area contributed by atoms with E-state index in [1.807, 2.05) is 74.5 Å². The van der Waals surface area contributed by atoms with Crippen molar-refractivity contribution < 1.29 is 23.4 Å². The zero-order chi connectivity index (χ0) is 29.4. The summed E-state index contributed by atoms with van der Waals surface area (Å²) < 4.78 is 24.2. The van der Waals surface area contributed by atoms with Gasteiger partial charge in [-0.15, -0.1) is 0 Å². The molecule has 0 bridgehead atoms. The molecule has 2 N–H and O–H groups in total. The average Bonchev–Trinajstić information content (AvgIpc) is 3.31. The maximum Gasteiger partial charge on any atom is 0.379 e. The molecular weight excluding hydrogens is 596 g/mol. The molecule has 0 aliphatic carbocycles. The molecule has 2 heterocycles. The first-order chi connectivity index (χ1) is 20.3. The minimum atomic E-state index is -0.633. The molecule has 0 saturated carbocycles. The molecule has 1 aliphatic rings. The highest BCUT2D eigenvalue weighted by molar-refractivity contribution is 9.10. The number of esters is 1. The minimum absolute atomic E-state index is 0.0110. The fraction of sp³-hybridized carbons (Fsp3) is 0.118. The summed E-state index contributed by atoms with van der Waals surface area (Å²) in [7, 11) is 0. The number of rotatable bonds is 6. The van der Waals surface area contributed by atoms with E-state index in [9.17, 15) is 10.1 Å². The molecular formula is C34H25BrN2O5. The van der Waals surface area contributed by atoms with Crippen LogP contribution in [0.5, 0.6) is 17.2 Å². The van der Waals surface area contributed by atoms with E-state index in [0.29, 0.717) is 34.8 Å². The molecule has 1 unspecified atom stereocenters. The van der Waals surface area contributed by atoms with E-state index in [-0.39, 0.29) is 23.0 Å². The van der Waals surface area contributed by atoms with E-state index in [2.05, 4.69) is 22.0 Å². The van der Waals surface area contributed by atoms with Crippen molar-refractivity contribution in [1.82, 2.24) is 0 Å². The summed E-state index contributed by atoms with van der Waals surface area (Å²) in [6.07, 6.45) is 0. The Labute approximate surface area is 250 Å². The lowest BCUT2D eigenvalue weighted by molar-refractivity contribution is 0.0702. The van der Waals surface area contributed by atoms with Gasteiger partial charge < -0.3 is 24.4 Å². The smallest absolute Gasteiger partial charge is 0.379 e. The number of carbonyl (C=O) groups excluding carboxylic acids is 1. The molecule has 4 aromatic carbocycles. The highest BCUT2D eigenvalue weighted by Gasteiger charge is 2.31. The Kier molecular flexibility index (Phi) is 7.19. The number of allylic oxidation sites excluding steroid dienone is 1. The first-order valence-electron chi connectivity index (χ1n) is 13.2. The van der Waals surface area contributed by atoms with Gasteiger partial charge in [-0.3, -0.25) is 0 Å². The molecule has 8 heteroatoms. The summed E-state index contributed by atoms with van der Waals surface area (Å²) in [5, 5.41) is 10.8. The summed E-state index contributed by atoms with van der Waals surface area (Å²) in [5.74, 6) is 0.279. The number of hydrogen-bond acceptors (Lipinski definition) is 7. The fourth-order valence-corrected chi connectivity index (χ4v) is 5.38. The van der Waals surface area contributed by atoms with E-state index in [0.717, 1.165) is 21.0 Å². The molecule has 0 fully saturated rings. The van der Waals surface area contributed by atoms with E-state index < -0.39 is 11.9 Å². The van der Waals surface area contributed by atoms with E-state index in [1.54, 1.807) is 24.3 Å². The number of carbonyl (C=O) groups is 1. The van der Waals surface area contributed by atoms with Crippen LogP contribution in [0.3, 0.4) is 0 Å². The minimum Gasteiger partial charge on any atom is -0.489 e. The van der Waals surface area contributed by atoms with Crippen LogP contribution in [0.2, 0.25) is 0 Å². The van der Waals surface area contributed by atoms with Crippen LogP contribution in [-0.4, -0.2) is 5.97 Å². The quantitative estimate of drug-likeness (QED) is 0.152. The maximum atomic E-state index is 13.1. The van der Waals surface area contributed by atoms with Crippen LogP contribution in [0.15, 0.2) is 105 Å². The summed E-state index contributed by atoms with van der Waals surface area (Å²) in [6, 6.07) is 28.5. The number of nitrogens with two attached hydrogens (primary N) is 1. The predicted molar refractivity (Wildman–Crippen MR) is 161 cm³/mol. The van der Waals surface area contributed by atoms with Crippen LogP contribution < -0.4 is 19.9 Å². The van der Waals surface area contributed by atoms with Gasteiger partial charge in [-0.1, -0.05) is 64.0 Å². The molecule has 1 aliphatic heterocycles. The second-order valence-corrected chi connectivity index (χ2v) is 11.0. The summed E-state index contributed by atoms with van der Waals surface area (Å²) in [5.41, 5.74) is 11.5. The van der Waals surface area contributed by atoms with Crippen LogP contribution in [0.4, 0.5) is 0 Å². The van der Waals surface area contributed by atoms with Crippen molar-refractivity contribution in [3.8, 4) is 23.3 Å². The molecule has 0 spiro atoms. The van der Waals surface area contributed by atoms with Crippen LogP contribution >= 0.6 is 15.9 Å². The first kappa shape index (κ1) is 27.2. The zero-order valence-electron chi connectivity index (χ0n) is 22.8. The van der Waals surface area contributed by atoms with Crippen molar-refractivity contribution in [1.29, 1.82) is 5.26 Å². The average molecular weight is 621 g/mol. The Morgan fingerprint density at radius 3 is 2.60 bits per heavy atom. The van der Waals surface area contributed by atoms with E-state index in [1.165, 1.54) is 5.56 Å². The third kappa shape index (κ3) is 5.22. The Hall–Kier alpha value is -5.00. The molecule has 7 nitrogen and oxygen atoms in total. The number of halogens is 1. The van der Waals surface area contributed by atoms with Gasteiger partial charge in [-0.2, -0.15) is 5.26 Å². The monoisotopic (exact) mass is 620 g/mol. The van der Waals surface area contributed by atoms with Gasteiger partial charge in [0, 0.05) is 27.1 Å². The number of benzene rings is 4. The van der Waals surface area contributed by atoms with Crippen molar-refractivity contribution in [2.45, 2.75) is 26.4 Å². The third-order valence-electron chi connectivity index (χ3n) is 7.20. The van der Waals surface area contributed by atoms with Gasteiger partial charge in [0.25, 0.3) is 0 Å². The molecule has 42 heavy (non-hydrogen) atoms. The lowest BCUT2D eigenvalue weighted by atomic mass is 9.83. The predicted octanol–water partition coefficient (Wildman–Crippen LogP) is 7.83. The Bertz CT molecular complexity index is 1920. The number of nitrogens with zero attached hydrogens (tertiary/aromatic N) is 1. The Morgan fingerprint density at radius 2 is 1.81 bits per heavy atom. The van der Waals surface area contributed by atoms with Crippen LogP contribution in [0.1, 0.15) is 44.3 Å². The first-order valence-corrected chi connectivity index (χ1v) is 14.0. The van der Waals surface area contributed by atoms with Crippen molar-refractivity contribution >= 4 is 32.9 Å². The lowest BCUT2D eigenvalue weighted by Gasteiger charge is -2.27. The fourth-order valence-electron chi connectivity index (χ4n) is 5.02. The summed E-state index contributed by atoms with van der Waals surface area (Å²) >= 11 is 3.45. The van der Waals surface area contributed by atoms with Gasteiger partial charge in [0.05, 0.1) is 5.92 Å². The van der Waals surface area contributed by atoms with Crippen molar-refractivity contribution in [2.75, 3.05) is 0 Å². The number of nitriles is 1. The normalized spacial score (nSPS) is 14.2. The van der Waals surface area contributed by atoms with Crippen LogP contribution in [0, 0.1) is 25.2 Å². The molecule has 1 aromatic heterocycles. The van der Waals surface area contributed by atoms with E-state index in [4.69, 9.17) is 24.4 Å². The molecule has 0 amide bonds. The van der Waals surface area contributed by atoms with Gasteiger partial charge in [0.15, 0.2) is 0 Å². The molecule has 6 rings (SSSR count). The highest BCUT2D eigenvalue weighted by Crippen LogP contribution is 2.44. The van der Waals surface area contributed by atoms with E-state index >= 15 is 0 Å². The molecule has 1 atom stereocenters. The number of hydrogen-bond donors (Lipinski definition) is 1. The standard InChI is InChI=1S/C34H25BrN2O5/c1-19-6-8-21(9-7-19)18-39-24-5-3-4-22(14-24)31-26-12-11-25(16-30(26)42-33(37)28(31)17-36)40-34(38)32-20(2)27-15-23(35)10-13-29(27)41-32/h3-16,31H,18,37H2,1-2H3. The van der Waals surface area contributed by atoms with Crippen LogP contribution in [-0.2, 0) is 6.61 Å². The summed E-state index contributed by atoms with van der Waals surface area (Å²) in [4.78, 5) is 13.1. The largest absolute Gasteiger partial charge is 0.489 e. The third-order valence-corrected chi connectivity index (χ3v) is 7.70. The zero-order valence-corrected chi connectivity index (χ0v) is 24.4. The molecule has 5 aromatic rings. The Morgan fingerprint density at radius 1 is 1.00 bits per heavy atom. The summed E-state index contributed by atoms with van der Waals surface area (Å²) in [6.45, 7) is 4.26. The number of aryl methyl sites for hydroxylation is 2. The SMILES string of the molecule is Cc1ccc(COc2cccc(C3C(C#N)=C(N)Oc4cc(OC(=O)c5oc6ccc(Br)cc6c5C)ccc43)c2)cc1. The van der Waals surface area contributed by atoms with Gasteiger partial charge in [-0.05, 0) is 61.4 Å². The lowest BCUT2D eigenvalue weighted by Crippen LogP contribution is -2.21. The van der Waals surface area contributed by atoms with Gasteiger partial charge in [0.1, 0.15) is 41.1 Å². The van der Waals surface area contributed by atoms with Crippen molar-refractivity contribution in [3.05, 3.63) is 134 Å². The van der Waals surface area contributed by atoms with Crippen molar-refractivity contribution in [3.63, 3.8) is 0 Å². The van der Waals surface area contributed by atoms with Gasteiger partial charge >= 0.3 is 5.97 Å². The number of fused-ring (bicyclic) bond motifs is 2. The number of furan rings is 1. The second-order valence-electron chi connectivity index (χ2n) is 10.1. The highest BCUT2D eigenvalue weighted by atomic mass is 79.9.